The summed E-state index contributed by atoms with van der Waals surface area (Å²) in [6.07, 6.45) is 3.25. The van der Waals surface area contributed by atoms with Crippen LogP contribution in [0.4, 0.5) is 0 Å². The summed E-state index contributed by atoms with van der Waals surface area (Å²) < 4.78 is 48.9. The van der Waals surface area contributed by atoms with Gasteiger partial charge in [0.15, 0.2) is 0 Å². The predicted octanol–water partition coefficient (Wildman–Crippen LogP) is 0.954. The van der Waals surface area contributed by atoms with Crippen LogP contribution in [0.2, 0.25) is 5.02 Å². The SMILES string of the molecule is [2H]C([2H])([2H])n1cc(-n2nc(-c3ccc(Cl)cc3)cc(C(=O)N[C@@H](C)CNS(C)(=O)=O)c2=O)cn1. The van der Waals surface area contributed by atoms with Crippen molar-refractivity contribution in [2.75, 3.05) is 12.8 Å². The van der Waals surface area contributed by atoms with Gasteiger partial charge < -0.3 is 5.32 Å². The molecule has 3 aromatic rings. The number of hydrogen-bond acceptors (Lipinski definition) is 6. The minimum atomic E-state index is -3.47. The first-order valence-corrected chi connectivity index (χ1v) is 11.2. The van der Waals surface area contributed by atoms with Gasteiger partial charge in [-0.25, -0.2) is 13.1 Å². The van der Waals surface area contributed by atoms with Crippen molar-refractivity contribution in [2.24, 2.45) is 6.98 Å². The Morgan fingerprint density at radius 3 is 2.65 bits per heavy atom. The Labute approximate surface area is 188 Å². The van der Waals surface area contributed by atoms with Crippen molar-refractivity contribution in [3.8, 4) is 16.9 Å². The number of nitrogens with one attached hydrogen (secondary N) is 2. The van der Waals surface area contributed by atoms with Gasteiger partial charge in [-0.05, 0) is 25.1 Å². The van der Waals surface area contributed by atoms with E-state index >= 15 is 0 Å². The van der Waals surface area contributed by atoms with E-state index in [0.29, 0.717) is 15.3 Å². The lowest BCUT2D eigenvalue weighted by atomic mass is 10.1. The molecule has 1 atom stereocenters. The Kier molecular flexibility index (Phi) is 5.44. The summed E-state index contributed by atoms with van der Waals surface area (Å²) >= 11 is 5.94. The normalized spacial score (nSPS) is 14.4. The topological polar surface area (TPSA) is 128 Å². The first kappa shape index (κ1) is 18.7. The molecule has 3 rings (SSSR count). The van der Waals surface area contributed by atoms with Gasteiger partial charge in [-0.2, -0.15) is 14.9 Å². The summed E-state index contributed by atoms with van der Waals surface area (Å²) in [5.74, 6) is -0.762. The van der Waals surface area contributed by atoms with E-state index in [1.807, 2.05) is 0 Å². The monoisotopic (exact) mass is 467 g/mol. The molecule has 2 aromatic heterocycles. The maximum atomic E-state index is 13.1. The molecule has 0 radical (unpaired) electrons. The molecule has 0 saturated carbocycles. The highest BCUT2D eigenvalue weighted by Crippen LogP contribution is 2.20. The number of hydrogen-bond donors (Lipinski definition) is 2. The Morgan fingerprint density at radius 2 is 2.03 bits per heavy atom. The molecule has 0 unspecified atom stereocenters. The molecule has 1 amide bonds. The van der Waals surface area contributed by atoms with E-state index < -0.39 is 34.5 Å². The molecule has 0 aliphatic carbocycles. The summed E-state index contributed by atoms with van der Waals surface area (Å²) in [6.45, 7) is -1.09. The number of benzene rings is 1. The van der Waals surface area contributed by atoms with Crippen LogP contribution in [0.3, 0.4) is 0 Å². The second-order valence-electron chi connectivity index (χ2n) is 6.81. The predicted molar refractivity (Wildman–Crippen MR) is 117 cm³/mol. The Hall–Kier alpha value is -3.02. The van der Waals surface area contributed by atoms with E-state index in [-0.39, 0.29) is 23.5 Å². The number of amides is 1. The first-order valence-electron chi connectivity index (χ1n) is 10.5. The van der Waals surface area contributed by atoms with Crippen LogP contribution in [0, 0.1) is 0 Å². The van der Waals surface area contributed by atoms with Gasteiger partial charge in [0.2, 0.25) is 10.0 Å². The number of sulfonamides is 1. The summed E-state index contributed by atoms with van der Waals surface area (Å²) in [7, 11) is -3.47. The smallest absolute Gasteiger partial charge is 0.284 e. The fraction of sp³-hybridized carbons (Fsp3) is 0.263. The van der Waals surface area contributed by atoms with Gasteiger partial charge >= 0.3 is 0 Å². The standard InChI is InChI=1S/C19H21ClN6O4S/c1-12(9-22-31(3,29)30)23-18(27)16-8-17(13-4-6-14(20)7-5-13)24-26(19(16)28)15-10-21-25(2)11-15/h4-8,10-12,22H,9H2,1-3H3,(H,23,27)/t12-/m0/s1/i2D3. The summed E-state index contributed by atoms with van der Waals surface area (Å²) in [4.78, 5) is 26.1. The van der Waals surface area contributed by atoms with E-state index in [9.17, 15) is 18.0 Å². The minimum absolute atomic E-state index is 0.0396. The second kappa shape index (κ2) is 9.00. The number of aromatic nitrogens is 4. The van der Waals surface area contributed by atoms with E-state index in [2.05, 4.69) is 20.2 Å². The van der Waals surface area contributed by atoms with Crippen molar-refractivity contribution in [1.29, 1.82) is 0 Å². The zero-order valence-electron chi connectivity index (χ0n) is 19.5. The molecule has 31 heavy (non-hydrogen) atoms. The van der Waals surface area contributed by atoms with E-state index in [1.165, 1.54) is 6.07 Å². The molecule has 12 heteroatoms. The van der Waals surface area contributed by atoms with Crippen LogP contribution < -0.4 is 15.6 Å². The van der Waals surface area contributed by atoms with Crippen molar-refractivity contribution >= 4 is 27.5 Å². The molecule has 0 spiro atoms. The number of halogens is 1. The third-order valence-electron chi connectivity index (χ3n) is 4.14. The zero-order chi connectivity index (χ0) is 25.3. The summed E-state index contributed by atoms with van der Waals surface area (Å²) in [5, 5.41) is 11.1. The van der Waals surface area contributed by atoms with Gasteiger partial charge in [-0.15, -0.1) is 0 Å². The third-order valence-corrected chi connectivity index (χ3v) is 5.08. The molecular weight excluding hydrogens is 444 g/mol. The molecular formula is C19H21ClN6O4S. The van der Waals surface area contributed by atoms with Crippen LogP contribution in [-0.4, -0.2) is 52.7 Å². The lowest BCUT2D eigenvalue weighted by Crippen LogP contribution is -2.43. The molecule has 0 aliphatic rings. The highest BCUT2D eigenvalue weighted by molar-refractivity contribution is 7.88. The molecule has 0 fully saturated rings. The van der Waals surface area contributed by atoms with Crippen molar-refractivity contribution in [3.63, 3.8) is 0 Å². The fourth-order valence-corrected chi connectivity index (χ4v) is 3.32. The number of carbonyl (C=O) groups is 1. The van der Waals surface area contributed by atoms with Crippen LogP contribution in [0.15, 0.2) is 47.5 Å². The molecule has 164 valence electrons. The zero-order valence-corrected chi connectivity index (χ0v) is 18.1. The van der Waals surface area contributed by atoms with Crippen molar-refractivity contribution in [1.82, 2.24) is 29.6 Å². The second-order valence-corrected chi connectivity index (χ2v) is 9.07. The van der Waals surface area contributed by atoms with Gasteiger partial charge in [-0.3, -0.25) is 14.3 Å². The Morgan fingerprint density at radius 1 is 1.32 bits per heavy atom. The van der Waals surface area contributed by atoms with Crippen LogP contribution in [0.25, 0.3) is 16.9 Å². The number of aryl methyl sites for hydroxylation is 1. The molecule has 0 bridgehead atoms. The summed E-state index contributed by atoms with van der Waals surface area (Å²) in [6, 6.07) is 7.17. The van der Waals surface area contributed by atoms with Gasteiger partial charge in [0, 0.05) is 34.3 Å². The van der Waals surface area contributed by atoms with Crippen LogP contribution in [0.5, 0.6) is 0 Å². The summed E-state index contributed by atoms with van der Waals surface area (Å²) in [5.41, 5.74) is -0.277. The van der Waals surface area contributed by atoms with Crippen molar-refractivity contribution in [3.05, 3.63) is 63.7 Å². The number of carbonyl (C=O) groups excluding carboxylic acids is 1. The molecule has 0 aliphatic heterocycles. The Bertz CT molecular complexity index is 1370. The lowest BCUT2D eigenvalue weighted by Gasteiger charge is -2.15. The highest BCUT2D eigenvalue weighted by atomic mass is 35.5. The molecule has 0 saturated heterocycles. The van der Waals surface area contributed by atoms with E-state index in [0.717, 1.165) is 23.3 Å². The third kappa shape index (κ3) is 5.78. The lowest BCUT2D eigenvalue weighted by molar-refractivity contribution is 0.0938. The number of nitrogens with zero attached hydrogens (tertiary/aromatic N) is 4. The fourth-order valence-electron chi connectivity index (χ4n) is 2.65. The first-order chi connectivity index (χ1) is 15.7. The maximum absolute atomic E-state index is 13.1. The molecule has 2 N–H and O–H groups in total. The number of rotatable bonds is 7. The Balaban J connectivity index is 2.06. The van der Waals surface area contributed by atoms with Gasteiger partial charge in [0.25, 0.3) is 11.5 Å². The molecule has 1 aromatic carbocycles. The van der Waals surface area contributed by atoms with Gasteiger partial charge in [0.05, 0.1) is 24.3 Å². The van der Waals surface area contributed by atoms with Crippen LogP contribution in [0.1, 0.15) is 21.4 Å². The quantitative estimate of drug-likeness (QED) is 0.532. The molecule has 2 heterocycles. The van der Waals surface area contributed by atoms with Crippen molar-refractivity contribution < 1.29 is 17.3 Å². The largest absolute Gasteiger partial charge is 0.348 e. The van der Waals surface area contributed by atoms with E-state index in [4.69, 9.17) is 15.7 Å². The van der Waals surface area contributed by atoms with Gasteiger partial charge in [0.1, 0.15) is 11.3 Å². The molecule has 10 nitrogen and oxygen atoms in total. The van der Waals surface area contributed by atoms with Crippen LogP contribution >= 0.6 is 11.6 Å². The van der Waals surface area contributed by atoms with Crippen molar-refractivity contribution in [2.45, 2.75) is 13.0 Å². The minimum Gasteiger partial charge on any atom is -0.348 e. The van der Waals surface area contributed by atoms with Gasteiger partial charge in [-0.1, -0.05) is 23.7 Å². The average molecular weight is 468 g/mol. The highest BCUT2D eigenvalue weighted by Gasteiger charge is 2.20. The maximum Gasteiger partial charge on any atom is 0.284 e. The average Bonchev–Trinajstić information content (AvgIpc) is 3.23. The van der Waals surface area contributed by atoms with Crippen LogP contribution in [-0.2, 0) is 17.0 Å². The van der Waals surface area contributed by atoms with E-state index in [1.54, 1.807) is 31.2 Å².